The van der Waals surface area contributed by atoms with Gasteiger partial charge in [-0.1, -0.05) is 84.5 Å². The van der Waals surface area contributed by atoms with E-state index in [1.165, 1.54) is 63.9 Å². The number of hydrogen-bond donors (Lipinski definition) is 1. The maximum atomic E-state index is 11.7. The number of rotatable bonds is 4. The van der Waals surface area contributed by atoms with Crippen LogP contribution in [0.5, 0.6) is 5.75 Å². The van der Waals surface area contributed by atoms with Gasteiger partial charge in [-0.15, -0.1) is 0 Å². The second-order valence-electron chi connectivity index (χ2n) is 10.3. The van der Waals surface area contributed by atoms with Gasteiger partial charge in [-0.25, -0.2) is 0 Å². The molecule has 1 N–H and O–H groups in total. The van der Waals surface area contributed by atoms with Crippen LogP contribution in [0.4, 0.5) is 5.69 Å². The van der Waals surface area contributed by atoms with Gasteiger partial charge in [0.25, 0.3) is 5.69 Å². The zero-order valence-corrected chi connectivity index (χ0v) is 20.1. The average Bonchev–Trinajstić information content (AvgIpc) is 2.76. The monoisotopic (exact) mass is 442 g/mol. The topological polar surface area (TPSA) is 75.7 Å². The predicted octanol–water partition coefficient (Wildman–Crippen LogP) is 7.93. The second kappa shape index (κ2) is 12.4. The molecular weight excluding hydrogens is 400 g/mol. The Balaban J connectivity index is 1.86. The van der Waals surface area contributed by atoms with E-state index in [9.17, 15) is 15.2 Å². The number of hydrogen-bond acceptors (Lipinski definition) is 4. The van der Waals surface area contributed by atoms with E-state index >= 15 is 0 Å². The lowest BCUT2D eigenvalue weighted by Gasteiger charge is -2.31. The highest BCUT2D eigenvalue weighted by Gasteiger charge is 2.27. The van der Waals surface area contributed by atoms with Crippen LogP contribution in [0.25, 0.3) is 0 Å². The number of aliphatic imine (C=N–C) groups is 1. The van der Waals surface area contributed by atoms with E-state index in [0.717, 1.165) is 37.7 Å². The summed E-state index contributed by atoms with van der Waals surface area (Å²) in [5, 5.41) is 22.9. The third-order valence-electron chi connectivity index (χ3n) is 7.98. The van der Waals surface area contributed by atoms with Crippen molar-refractivity contribution >= 4 is 11.9 Å². The molecule has 1 aromatic rings. The number of nitrogens with zero attached hydrogens (tertiary/aromatic N) is 2. The summed E-state index contributed by atoms with van der Waals surface area (Å²) in [5.41, 5.74) is 1.32. The van der Waals surface area contributed by atoms with Crippen LogP contribution in [0, 0.1) is 22.0 Å². The lowest BCUT2D eigenvalue weighted by molar-refractivity contribution is -0.385. The summed E-state index contributed by atoms with van der Waals surface area (Å²) in [7, 11) is 0. The molecule has 2 fully saturated rings. The van der Waals surface area contributed by atoms with E-state index in [-0.39, 0.29) is 28.3 Å². The second-order valence-corrected chi connectivity index (χ2v) is 10.3. The van der Waals surface area contributed by atoms with Crippen molar-refractivity contribution in [2.45, 2.75) is 116 Å². The molecule has 0 amide bonds. The van der Waals surface area contributed by atoms with E-state index in [1.807, 2.05) is 0 Å². The Hall–Kier alpha value is -1.91. The highest BCUT2D eigenvalue weighted by atomic mass is 16.6. The van der Waals surface area contributed by atoms with Crippen molar-refractivity contribution in [3.63, 3.8) is 0 Å². The lowest BCUT2D eigenvalue weighted by atomic mass is 9.78. The number of nitro groups is 1. The molecule has 1 aromatic carbocycles. The van der Waals surface area contributed by atoms with Gasteiger partial charge in [0.2, 0.25) is 0 Å². The minimum absolute atomic E-state index is 0.0652. The van der Waals surface area contributed by atoms with Crippen molar-refractivity contribution < 1.29 is 10.0 Å². The van der Waals surface area contributed by atoms with Gasteiger partial charge < -0.3 is 5.11 Å². The Morgan fingerprint density at radius 3 is 2.09 bits per heavy atom. The van der Waals surface area contributed by atoms with Gasteiger partial charge in [0.05, 0.1) is 11.0 Å². The summed E-state index contributed by atoms with van der Waals surface area (Å²) < 4.78 is 0. The number of nitro benzene ring substituents is 1. The van der Waals surface area contributed by atoms with Gasteiger partial charge in [-0.3, -0.25) is 15.1 Å². The Bertz CT molecular complexity index is 764. The first-order valence-corrected chi connectivity index (χ1v) is 13.0. The molecule has 2 aliphatic rings. The fourth-order valence-electron chi connectivity index (χ4n) is 5.59. The molecule has 0 radical (unpaired) electrons. The zero-order valence-electron chi connectivity index (χ0n) is 20.1. The maximum absolute atomic E-state index is 11.7. The molecule has 0 heterocycles. The third-order valence-corrected chi connectivity index (χ3v) is 7.98. The predicted molar refractivity (Wildman–Crippen MR) is 132 cm³/mol. The summed E-state index contributed by atoms with van der Waals surface area (Å²) in [5.74, 6) is 1.51. The first-order chi connectivity index (χ1) is 15.5. The molecule has 3 rings (SSSR count). The fourth-order valence-corrected chi connectivity index (χ4v) is 5.59. The molecule has 2 aliphatic carbocycles. The molecule has 178 valence electrons. The Morgan fingerprint density at radius 2 is 1.50 bits per heavy atom. The molecule has 0 saturated heterocycles. The fraction of sp³-hybridized carbons (Fsp3) is 0.741. The Kier molecular flexibility index (Phi) is 9.55. The van der Waals surface area contributed by atoms with Gasteiger partial charge in [0.1, 0.15) is 5.75 Å². The highest BCUT2D eigenvalue weighted by molar-refractivity contribution is 5.85. The SMILES string of the molecule is CC1CCCC(N=Cc2cc([N+](=O)[O-])cc(C3CCCCCCCCCCC3)c2O)C1C. The van der Waals surface area contributed by atoms with E-state index < -0.39 is 0 Å². The summed E-state index contributed by atoms with van der Waals surface area (Å²) in [6.45, 7) is 4.52. The van der Waals surface area contributed by atoms with Gasteiger partial charge in [0.15, 0.2) is 0 Å². The van der Waals surface area contributed by atoms with Crippen LogP contribution in [-0.2, 0) is 0 Å². The van der Waals surface area contributed by atoms with Gasteiger partial charge in [-0.2, -0.15) is 0 Å². The van der Waals surface area contributed by atoms with Crippen LogP contribution in [-0.4, -0.2) is 22.3 Å². The molecule has 0 aliphatic heterocycles. The van der Waals surface area contributed by atoms with Crippen molar-refractivity contribution in [3.8, 4) is 5.75 Å². The summed E-state index contributed by atoms with van der Waals surface area (Å²) in [6.07, 6.45) is 18.3. The number of aromatic hydroxyl groups is 1. The van der Waals surface area contributed by atoms with Crippen LogP contribution in [0.15, 0.2) is 17.1 Å². The first kappa shape index (κ1) is 24.7. The smallest absolute Gasteiger partial charge is 0.270 e. The van der Waals surface area contributed by atoms with E-state index in [1.54, 1.807) is 12.3 Å². The van der Waals surface area contributed by atoms with Crippen molar-refractivity contribution in [3.05, 3.63) is 33.4 Å². The van der Waals surface area contributed by atoms with Gasteiger partial charge >= 0.3 is 0 Å². The Morgan fingerprint density at radius 1 is 0.906 bits per heavy atom. The van der Waals surface area contributed by atoms with Crippen molar-refractivity contribution in [2.75, 3.05) is 0 Å². The van der Waals surface area contributed by atoms with Crippen LogP contribution < -0.4 is 0 Å². The average molecular weight is 443 g/mol. The number of phenols is 1. The molecular formula is C27H42N2O3. The molecule has 3 unspecified atom stereocenters. The van der Waals surface area contributed by atoms with Crippen LogP contribution in [0.1, 0.15) is 121 Å². The molecule has 0 bridgehead atoms. The number of phenolic OH excluding ortho intramolecular Hbond substituents is 1. The van der Waals surface area contributed by atoms with E-state index in [2.05, 4.69) is 13.8 Å². The largest absolute Gasteiger partial charge is 0.507 e. The number of benzene rings is 1. The third kappa shape index (κ3) is 6.79. The van der Waals surface area contributed by atoms with E-state index in [4.69, 9.17) is 4.99 Å². The molecule has 2 saturated carbocycles. The normalized spacial score (nSPS) is 27.0. The van der Waals surface area contributed by atoms with Crippen LogP contribution >= 0.6 is 0 Å². The van der Waals surface area contributed by atoms with Crippen molar-refractivity contribution in [1.82, 2.24) is 0 Å². The summed E-state index contributed by atoms with van der Waals surface area (Å²) >= 11 is 0. The molecule has 32 heavy (non-hydrogen) atoms. The molecule has 0 aromatic heterocycles. The Labute approximate surface area is 193 Å². The quantitative estimate of drug-likeness (QED) is 0.292. The molecule has 5 heteroatoms. The molecule has 3 atom stereocenters. The van der Waals surface area contributed by atoms with Gasteiger partial charge in [0, 0.05) is 29.5 Å². The molecule has 5 nitrogen and oxygen atoms in total. The molecule has 0 spiro atoms. The summed E-state index contributed by atoms with van der Waals surface area (Å²) in [4.78, 5) is 16.2. The van der Waals surface area contributed by atoms with E-state index in [0.29, 0.717) is 17.4 Å². The first-order valence-electron chi connectivity index (χ1n) is 13.0. The van der Waals surface area contributed by atoms with Crippen molar-refractivity contribution in [2.24, 2.45) is 16.8 Å². The number of non-ortho nitro benzene ring substituents is 1. The summed E-state index contributed by atoms with van der Waals surface area (Å²) in [6, 6.07) is 3.34. The van der Waals surface area contributed by atoms with Crippen molar-refractivity contribution in [1.29, 1.82) is 0 Å². The zero-order chi connectivity index (χ0) is 22.9. The maximum Gasteiger partial charge on any atom is 0.270 e. The minimum Gasteiger partial charge on any atom is -0.507 e. The minimum atomic E-state index is -0.332. The highest BCUT2D eigenvalue weighted by Crippen LogP contribution is 2.39. The standard InChI is InChI=1S/C27H42N2O3/c1-20-13-12-16-26(21(20)2)28-19-23-17-24(29(31)32)18-25(27(23)30)22-14-10-8-6-4-3-5-7-9-11-15-22/h17-22,26,30H,3-16H2,1-2H3. The van der Waals surface area contributed by atoms with Crippen LogP contribution in [0.3, 0.4) is 0 Å². The van der Waals surface area contributed by atoms with Gasteiger partial charge in [-0.05, 0) is 37.0 Å². The lowest BCUT2D eigenvalue weighted by Crippen LogP contribution is -2.27. The van der Waals surface area contributed by atoms with Crippen LogP contribution in [0.2, 0.25) is 0 Å².